The van der Waals surface area contributed by atoms with Crippen molar-refractivity contribution in [3.8, 4) is 0 Å². The van der Waals surface area contributed by atoms with E-state index in [4.69, 9.17) is 0 Å². The van der Waals surface area contributed by atoms with Gasteiger partial charge in [-0.25, -0.2) is 4.90 Å². The fraction of sp³-hybridized carbons (Fsp3) is 0.348. The maximum atomic E-state index is 13.3. The quantitative estimate of drug-likeness (QED) is 0.642. The number of imide groups is 1. The van der Waals surface area contributed by atoms with E-state index in [0.717, 1.165) is 18.7 Å². The second-order valence-electron chi connectivity index (χ2n) is 7.49. The fourth-order valence-electron chi connectivity index (χ4n) is 4.38. The first-order valence-corrected chi connectivity index (χ1v) is 10.1. The van der Waals surface area contributed by atoms with Crippen LogP contribution in [0.3, 0.4) is 0 Å². The Morgan fingerprint density at radius 1 is 1.11 bits per heavy atom. The number of carbonyl (C=O) groups excluding carboxylic acids is 2. The number of amides is 2. The number of likely N-dealkylation sites (N-methyl/N-ethyl adjacent to an activating group) is 1. The van der Waals surface area contributed by atoms with E-state index in [0.29, 0.717) is 17.3 Å². The van der Waals surface area contributed by atoms with Crippen LogP contribution in [-0.4, -0.2) is 43.7 Å². The van der Waals surface area contributed by atoms with Crippen LogP contribution in [0.2, 0.25) is 0 Å². The maximum Gasteiger partial charge on any atom is 0.265 e. The van der Waals surface area contributed by atoms with Crippen LogP contribution in [0.25, 0.3) is 0 Å². The first-order valence-electron chi connectivity index (χ1n) is 10.1. The predicted octanol–water partition coefficient (Wildman–Crippen LogP) is 2.10. The molecule has 4 rings (SSSR count). The third-order valence-electron chi connectivity index (χ3n) is 5.89. The number of rotatable bonds is 5. The van der Waals surface area contributed by atoms with E-state index in [1.165, 1.54) is 24.3 Å². The number of aliphatic imine (C=N–C) groups is 1. The number of quaternary nitrogens is 1. The van der Waals surface area contributed by atoms with Gasteiger partial charge >= 0.3 is 0 Å². The average molecular weight is 376 g/mol. The molecule has 3 atom stereocenters. The molecule has 0 spiro atoms. The smallest absolute Gasteiger partial charge is 0.265 e. The van der Waals surface area contributed by atoms with Gasteiger partial charge in [-0.1, -0.05) is 36.4 Å². The fourth-order valence-corrected chi connectivity index (χ4v) is 4.38. The van der Waals surface area contributed by atoms with Gasteiger partial charge in [0.2, 0.25) is 5.91 Å². The van der Waals surface area contributed by atoms with Crippen molar-refractivity contribution < 1.29 is 14.5 Å². The van der Waals surface area contributed by atoms with E-state index in [-0.39, 0.29) is 11.8 Å². The lowest BCUT2D eigenvalue weighted by molar-refractivity contribution is -0.908. The number of nitrogens with zero attached hydrogens (tertiary/aromatic N) is 2. The van der Waals surface area contributed by atoms with Gasteiger partial charge < -0.3 is 4.90 Å². The SMILES string of the molecule is CC[NH+]1CCC[C@@H]1CN=CC1C(=O)N(c2ccccc2)C(=O)c2ccccc21. The van der Waals surface area contributed by atoms with Crippen LogP contribution in [0, 0.1) is 0 Å². The zero-order valence-corrected chi connectivity index (χ0v) is 16.2. The topological polar surface area (TPSA) is 54.2 Å². The third-order valence-corrected chi connectivity index (χ3v) is 5.89. The molecule has 2 aliphatic rings. The summed E-state index contributed by atoms with van der Waals surface area (Å²) in [6, 6.07) is 17.0. The molecule has 1 saturated heterocycles. The Bertz CT molecular complexity index is 894. The van der Waals surface area contributed by atoms with E-state index in [1.54, 1.807) is 29.3 Å². The highest BCUT2D eigenvalue weighted by atomic mass is 16.2. The highest BCUT2D eigenvalue weighted by Crippen LogP contribution is 2.31. The zero-order chi connectivity index (χ0) is 19.5. The lowest BCUT2D eigenvalue weighted by Crippen LogP contribution is -3.13. The molecule has 0 bridgehead atoms. The van der Waals surface area contributed by atoms with Gasteiger partial charge in [0.25, 0.3) is 5.91 Å². The zero-order valence-electron chi connectivity index (χ0n) is 16.2. The first kappa shape index (κ1) is 18.6. The number of nitrogens with one attached hydrogen (secondary N) is 1. The number of para-hydroxylation sites is 1. The number of carbonyl (C=O) groups is 2. The molecule has 1 fully saturated rings. The minimum atomic E-state index is -0.527. The van der Waals surface area contributed by atoms with Crippen LogP contribution in [0.4, 0.5) is 5.69 Å². The van der Waals surface area contributed by atoms with Gasteiger partial charge in [0.05, 0.1) is 31.2 Å². The van der Waals surface area contributed by atoms with E-state index in [2.05, 4.69) is 11.9 Å². The molecule has 2 heterocycles. The van der Waals surface area contributed by atoms with Crippen LogP contribution in [-0.2, 0) is 4.79 Å². The van der Waals surface area contributed by atoms with Gasteiger partial charge in [0.1, 0.15) is 6.04 Å². The van der Waals surface area contributed by atoms with Crippen molar-refractivity contribution in [1.82, 2.24) is 0 Å². The number of hydrogen-bond donors (Lipinski definition) is 1. The van der Waals surface area contributed by atoms with E-state index >= 15 is 0 Å². The van der Waals surface area contributed by atoms with Gasteiger partial charge in [-0.05, 0) is 30.7 Å². The Morgan fingerprint density at radius 2 is 1.86 bits per heavy atom. The van der Waals surface area contributed by atoms with Crippen LogP contribution >= 0.6 is 0 Å². The Morgan fingerprint density at radius 3 is 2.64 bits per heavy atom. The number of anilines is 1. The summed E-state index contributed by atoms with van der Waals surface area (Å²) >= 11 is 0. The summed E-state index contributed by atoms with van der Waals surface area (Å²) in [5, 5.41) is 0. The van der Waals surface area contributed by atoms with Crippen LogP contribution in [0.1, 0.15) is 41.6 Å². The van der Waals surface area contributed by atoms with Crippen LogP contribution in [0.15, 0.2) is 59.6 Å². The largest absolute Gasteiger partial charge is 0.331 e. The minimum Gasteiger partial charge on any atom is -0.331 e. The summed E-state index contributed by atoms with van der Waals surface area (Å²) in [6.45, 7) is 5.26. The Kier molecular flexibility index (Phi) is 5.35. The molecule has 0 aromatic heterocycles. The summed E-state index contributed by atoms with van der Waals surface area (Å²) in [4.78, 5) is 33.8. The van der Waals surface area contributed by atoms with Gasteiger partial charge in [0, 0.05) is 24.6 Å². The molecule has 0 radical (unpaired) electrons. The Hall–Kier alpha value is -2.79. The highest BCUT2D eigenvalue weighted by Gasteiger charge is 2.38. The van der Waals surface area contributed by atoms with E-state index in [1.807, 2.05) is 36.4 Å². The van der Waals surface area contributed by atoms with Crippen LogP contribution in [0.5, 0.6) is 0 Å². The molecular formula is C23H26N3O2+. The molecule has 5 heteroatoms. The number of benzene rings is 2. The molecule has 2 aromatic carbocycles. The molecular weight excluding hydrogens is 350 g/mol. The summed E-state index contributed by atoms with van der Waals surface area (Å²) in [7, 11) is 0. The summed E-state index contributed by atoms with van der Waals surface area (Å²) in [5.41, 5.74) is 1.92. The average Bonchev–Trinajstić information content (AvgIpc) is 3.19. The second kappa shape index (κ2) is 8.07. The van der Waals surface area contributed by atoms with Gasteiger partial charge in [-0.3, -0.25) is 14.6 Å². The monoisotopic (exact) mass is 376 g/mol. The lowest BCUT2D eigenvalue weighted by Gasteiger charge is -2.31. The van der Waals surface area contributed by atoms with Crippen molar-refractivity contribution in [2.24, 2.45) is 4.99 Å². The molecule has 2 aromatic rings. The summed E-state index contributed by atoms with van der Waals surface area (Å²) in [6.07, 6.45) is 4.18. The molecule has 28 heavy (non-hydrogen) atoms. The molecule has 2 amide bonds. The lowest BCUT2D eigenvalue weighted by atomic mass is 9.89. The summed E-state index contributed by atoms with van der Waals surface area (Å²) in [5.74, 6) is -1.03. The maximum absolute atomic E-state index is 13.3. The molecule has 2 unspecified atom stereocenters. The minimum absolute atomic E-state index is 0.232. The number of likely N-dealkylation sites (tertiary alicyclic amines) is 1. The Balaban J connectivity index is 1.63. The van der Waals surface area contributed by atoms with Gasteiger partial charge in [0.15, 0.2) is 0 Å². The van der Waals surface area contributed by atoms with Crippen molar-refractivity contribution in [1.29, 1.82) is 0 Å². The van der Waals surface area contributed by atoms with Gasteiger partial charge in [-0.15, -0.1) is 0 Å². The third kappa shape index (κ3) is 3.38. The molecule has 5 nitrogen and oxygen atoms in total. The van der Waals surface area contributed by atoms with Crippen LogP contribution < -0.4 is 9.80 Å². The second-order valence-corrected chi connectivity index (χ2v) is 7.49. The van der Waals surface area contributed by atoms with Crippen molar-refractivity contribution in [3.63, 3.8) is 0 Å². The van der Waals surface area contributed by atoms with Gasteiger partial charge in [-0.2, -0.15) is 0 Å². The normalized spacial score (nSPS) is 24.8. The van der Waals surface area contributed by atoms with Crippen molar-refractivity contribution in [2.45, 2.75) is 31.7 Å². The van der Waals surface area contributed by atoms with E-state index < -0.39 is 5.92 Å². The number of fused-ring (bicyclic) bond motifs is 1. The molecule has 0 saturated carbocycles. The van der Waals surface area contributed by atoms with Crippen molar-refractivity contribution >= 4 is 23.7 Å². The molecule has 0 aliphatic carbocycles. The summed E-state index contributed by atoms with van der Waals surface area (Å²) < 4.78 is 0. The first-order chi connectivity index (χ1) is 13.7. The Labute approximate surface area is 165 Å². The van der Waals surface area contributed by atoms with Crippen molar-refractivity contribution in [3.05, 3.63) is 65.7 Å². The molecule has 2 aliphatic heterocycles. The predicted molar refractivity (Wildman–Crippen MR) is 110 cm³/mol. The molecule has 144 valence electrons. The van der Waals surface area contributed by atoms with Crippen molar-refractivity contribution in [2.75, 3.05) is 24.5 Å². The molecule has 1 N–H and O–H groups in total. The van der Waals surface area contributed by atoms with E-state index in [9.17, 15) is 9.59 Å². The standard InChI is InChI=1S/C23H25N3O2/c1-2-25-14-8-11-18(25)15-24-16-21-19-12-6-7-13-20(19)22(27)26(23(21)28)17-9-4-3-5-10-17/h3-7,9-10,12-13,16,18,21H,2,8,11,14-15H2,1H3/p+1/t18-,21?/m1/s1. The number of hydrogen-bond acceptors (Lipinski definition) is 3. The highest BCUT2D eigenvalue weighted by molar-refractivity contribution is 6.29.